The van der Waals surface area contributed by atoms with E-state index in [1.165, 1.54) is 12.1 Å². The Hall–Kier alpha value is -3.01. The molecule has 0 spiro atoms. The first-order valence-electron chi connectivity index (χ1n) is 7.03. The van der Waals surface area contributed by atoms with E-state index in [1.54, 1.807) is 7.11 Å². The fourth-order valence-electron chi connectivity index (χ4n) is 2.53. The van der Waals surface area contributed by atoms with Gasteiger partial charge in [-0.05, 0) is 33.6 Å². The number of hydrogen-bond donors (Lipinski definition) is 1. The molecule has 0 saturated heterocycles. The van der Waals surface area contributed by atoms with Gasteiger partial charge in [0.2, 0.25) is 0 Å². The van der Waals surface area contributed by atoms with Crippen molar-refractivity contribution in [2.75, 3.05) is 12.5 Å². The second kappa shape index (κ2) is 6.48. The lowest BCUT2D eigenvalue weighted by Crippen LogP contribution is -2.22. The molecule has 0 saturated carbocycles. The molecule has 1 N–H and O–H groups in total. The van der Waals surface area contributed by atoms with E-state index in [0.717, 1.165) is 21.7 Å². The summed E-state index contributed by atoms with van der Waals surface area (Å²) in [5, 5.41) is 26.1. The maximum Gasteiger partial charge on any atom is 0.301 e. The van der Waals surface area contributed by atoms with E-state index in [-0.39, 0.29) is 11.4 Å². The van der Waals surface area contributed by atoms with Gasteiger partial charge in [0.05, 0.1) is 33.2 Å². The second-order valence-corrected chi connectivity index (χ2v) is 6.03. The average Bonchev–Trinajstić information content (AvgIpc) is 2.56. The standard InChI is InChI=1S/C15H11BrN4O5/c1-25-15-10(16)4-2-8-6-12(14(8)15)18-17-11-5-3-9(19(21)22)7-13(11)20(23)24/h2-5,7,17H,6H2,1H3/b18-12+. The molecule has 2 aromatic carbocycles. The van der Waals surface area contributed by atoms with Crippen LogP contribution in [0.25, 0.3) is 0 Å². The van der Waals surface area contributed by atoms with Crippen LogP contribution in [0.2, 0.25) is 0 Å². The van der Waals surface area contributed by atoms with Gasteiger partial charge in [0.25, 0.3) is 5.69 Å². The highest BCUT2D eigenvalue weighted by Gasteiger charge is 2.28. The molecule has 0 amide bonds. The Kier molecular flexibility index (Phi) is 4.36. The summed E-state index contributed by atoms with van der Waals surface area (Å²) in [6, 6.07) is 7.16. The van der Waals surface area contributed by atoms with Gasteiger partial charge >= 0.3 is 5.69 Å². The molecule has 10 heteroatoms. The lowest BCUT2D eigenvalue weighted by atomic mass is 9.85. The maximum absolute atomic E-state index is 11.1. The molecule has 0 heterocycles. The first kappa shape index (κ1) is 16.8. The van der Waals surface area contributed by atoms with E-state index < -0.39 is 15.5 Å². The number of non-ortho nitro benzene ring substituents is 1. The Morgan fingerprint density at radius 2 is 1.96 bits per heavy atom. The van der Waals surface area contributed by atoms with Gasteiger partial charge in [-0.3, -0.25) is 25.7 Å². The molecule has 0 aliphatic heterocycles. The third-order valence-corrected chi connectivity index (χ3v) is 4.37. The number of anilines is 1. The Morgan fingerprint density at radius 3 is 2.60 bits per heavy atom. The van der Waals surface area contributed by atoms with Gasteiger partial charge in [-0.1, -0.05) is 6.07 Å². The predicted molar refractivity (Wildman–Crippen MR) is 94.3 cm³/mol. The van der Waals surface area contributed by atoms with Crippen LogP contribution in [0.5, 0.6) is 5.75 Å². The molecule has 0 aromatic heterocycles. The number of fused-ring (bicyclic) bond motifs is 1. The Bertz CT molecular complexity index is 928. The summed E-state index contributed by atoms with van der Waals surface area (Å²) >= 11 is 3.40. The van der Waals surface area contributed by atoms with Crippen LogP contribution in [0.15, 0.2) is 39.9 Å². The minimum atomic E-state index is -0.693. The van der Waals surface area contributed by atoms with Gasteiger partial charge in [0.1, 0.15) is 11.4 Å². The van der Waals surface area contributed by atoms with Crippen molar-refractivity contribution in [3.05, 3.63) is 66.2 Å². The first-order valence-corrected chi connectivity index (χ1v) is 7.82. The molecule has 0 radical (unpaired) electrons. The van der Waals surface area contributed by atoms with Crippen molar-refractivity contribution in [2.45, 2.75) is 6.42 Å². The molecule has 1 aliphatic rings. The topological polar surface area (TPSA) is 120 Å². The van der Waals surface area contributed by atoms with Crippen molar-refractivity contribution < 1.29 is 14.6 Å². The zero-order valence-electron chi connectivity index (χ0n) is 12.9. The Labute approximate surface area is 149 Å². The van der Waals surface area contributed by atoms with Crippen LogP contribution in [0.4, 0.5) is 17.1 Å². The van der Waals surface area contributed by atoms with Crippen LogP contribution in [-0.4, -0.2) is 22.7 Å². The lowest BCUT2D eigenvalue weighted by Gasteiger charge is -2.24. The van der Waals surface area contributed by atoms with Crippen molar-refractivity contribution in [2.24, 2.45) is 5.10 Å². The fourth-order valence-corrected chi connectivity index (χ4v) is 3.02. The largest absolute Gasteiger partial charge is 0.495 e. The molecule has 0 atom stereocenters. The first-order chi connectivity index (χ1) is 11.9. The summed E-state index contributed by atoms with van der Waals surface area (Å²) in [7, 11) is 1.55. The predicted octanol–water partition coefficient (Wildman–Crippen LogP) is 3.65. The third kappa shape index (κ3) is 3.03. The Morgan fingerprint density at radius 1 is 1.20 bits per heavy atom. The van der Waals surface area contributed by atoms with Gasteiger partial charge in [-0.2, -0.15) is 5.10 Å². The molecule has 2 aromatic rings. The summed E-state index contributed by atoms with van der Waals surface area (Å²) in [6.45, 7) is 0. The van der Waals surface area contributed by atoms with Crippen molar-refractivity contribution in [3.63, 3.8) is 0 Å². The Balaban J connectivity index is 1.93. The van der Waals surface area contributed by atoms with Crippen molar-refractivity contribution in [1.29, 1.82) is 0 Å². The summed E-state index contributed by atoms with van der Waals surface area (Å²) in [4.78, 5) is 20.5. The van der Waals surface area contributed by atoms with E-state index in [9.17, 15) is 20.2 Å². The van der Waals surface area contributed by atoms with E-state index in [1.807, 2.05) is 12.1 Å². The number of nitro groups is 2. The number of nitrogens with one attached hydrogen (secondary N) is 1. The number of benzene rings is 2. The van der Waals surface area contributed by atoms with Gasteiger partial charge < -0.3 is 4.74 Å². The van der Waals surface area contributed by atoms with Crippen molar-refractivity contribution >= 4 is 38.7 Å². The molecular formula is C15H11BrN4O5. The summed E-state index contributed by atoms with van der Waals surface area (Å²) in [6.07, 6.45) is 0.590. The van der Waals surface area contributed by atoms with Gasteiger partial charge in [0, 0.05) is 18.1 Å². The van der Waals surface area contributed by atoms with Crippen LogP contribution in [0, 0.1) is 20.2 Å². The smallest absolute Gasteiger partial charge is 0.301 e. The molecule has 9 nitrogen and oxygen atoms in total. The van der Waals surface area contributed by atoms with Crippen LogP contribution >= 0.6 is 15.9 Å². The van der Waals surface area contributed by atoms with Gasteiger partial charge in [-0.25, -0.2) is 0 Å². The number of hydrazone groups is 1. The number of methoxy groups -OCH3 is 1. The number of nitrogens with zero attached hydrogens (tertiary/aromatic N) is 3. The van der Waals surface area contributed by atoms with Crippen LogP contribution in [0.3, 0.4) is 0 Å². The monoisotopic (exact) mass is 406 g/mol. The highest BCUT2D eigenvalue weighted by atomic mass is 79.9. The zero-order chi connectivity index (χ0) is 18.1. The SMILES string of the molecule is COc1c(Br)ccc2c1/C(=N/Nc1ccc([N+](=O)[O-])cc1[N+](=O)[O-])C2. The van der Waals surface area contributed by atoms with Gasteiger partial charge in [0.15, 0.2) is 0 Å². The zero-order valence-corrected chi connectivity index (χ0v) is 14.4. The molecule has 0 unspecified atom stereocenters. The van der Waals surface area contributed by atoms with Crippen LogP contribution in [-0.2, 0) is 6.42 Å². The van der Waals surface area contributed by atoms with Crippen molar-refractivity contribution in [1.82, 2.24) is 0 Å². The van der Waals surface area contributed by atoms with E-state index in [4.69, 9.17) is 4.74 Å². The summed E-state index contributed by atoms with van der Waals surface area (Å²) in [5.74, 6) is 0.641. The number of hydrogen-bond acceptors (Lipinski definition) is 7. The van der Waals surface area contributed by atoms with E-state index in [0.29, 0.717) is 17.9 Å². The molecule has 3 rings (SSSR count). The molecule has 0 fully saturated rings. The quantitative estimate of drug-likeness (QED) is 0.597. The van der Waals surface area contributed by atoms with Crippen LogP contribution in [0.1, 0.15) is 11.1 Å². The fraction of sp³-hybridized carbons (Fsp3) is 0.133. The summed E-state index contributed by atoms with van der Waals surface area (Å²) < 4.78 is 6.14. The number of rotatable bonds is 5. The molecule has 25 heavy (non-hydrogen) atoms. The van der Waals surface area contributed by atoms with Gasteiger partial charge in [-0.15, -0.1) is 0 Å². The third-order valence-electron chi connectivity index (χ3n) is 3.75. The maximum atomic E-state index is 11.1. The van der Waals surface area contributed by atoms with E-state index >= 15 is 0 Å². The second-order valence-electron chi connectivity index (χ2n) is 5.18. The van der Waals surface area contributed by atoms with Crippen molar-refractivity contribution in [3.8, 4) is 5.75 Å². The molecule has 0 bridgehead atoms. The van der Waals surface area contributed by atoms with Crippen LogP contribution < -0.4 is 10.2 Å². The highest BCUT2D eigenvalue weighted by Crippen LogP contribution is 2.38. The minimum absolute atomic E-state index is 0.0745. The summed E-state index contributed by atoms with van der Waals surface area (Å²) in [5.41, 5.74) is 4.49. The average molecular weight is 407 g/mol. The number of halogens is 1. The molecule has 1 aliphatic carbocycles. The number of nitro benzene ring substituents is 2. The molecule has 128 valence electrons. The lowest BCUT2D eigenvalue weighted by molar-refractivity contribution is -0.393. The normalized spacial score (nSPS) is 13.8. The minimum Gasteiger partial charge on any atom is -0.495 e. The molecular weight excluding hydrogens is 396 g/mol. The van der Waals surface area contributed by atoms with E-state index in [2.05, 4.69) is 26.5 Å². The highest BCUT2D eigenvalue weighted by molar-refractivity contribution is 9.10. The number of ether oxygens (including phenoxy) is 1.